The number of pyridine rings is 1. The Kier molecular flexibility index (Phi) is 4.52. The summed E-state index contributed by atoms with van der Waals surface area (Å²) in [5, 5.41) is 5.07. The van der Waals surface area contributed by atoms with E-state index in [1.54, 1.807) is 6.07 Å². The predicted octanol–water partition coefficient (Wildman–Crippen LogP) is 5.89. The molecule has 0 aliphatic heterocycles. The number of aryl methyl sites for hydroxylation is 1. The fraction of sp³-hybridized carbons (Fsp3) is 0.0769. The van der Waals surface area contributed by atoms with Crippen LogP contribution in [0.15, 0.2) is 89.5 Å². The van der Waals surface area contributed by atoms with Crippen molar-refractivity contribution >= 4 is 27.8 Å². The molecular weight excluding hydrogens is 372 g/mol. The summed E-state index contributed by atoms with van der Waals surface area (Å²) < 4.78 is 5.89. The minimum Gasteiger partial charge on any atom is -0.456 e. The fourth-order valence-electron chi connectivity index (χ4n) is 3.69. The molecule has 0 aliphatic carbocycles. The fourth-order valence-corrected chi connectivity index (χ4v) is 3.69. The lowest BCUT2D eigenvalue weighted by molar-refractivity contribution is 0.0951. The second-order valence-electron chi connectivity index (χ2n) is 7.37. The first-order valence-corrected chi connectivity index (χ1v) is 9.89. The van der Waals surface area contributed by atoms with Gasteiger partial charge < -0.3 is 9.73 Å². The monoisotopic (exact) mass is 392 g/mol. The van der Waals surface area contributed by atoms with Gasteiger partial charge in [-0.15, -0.1) is 0 Å². The maximum Gasteiger partial charge on any atom is 0.251 e. The minimum atomic E-state index is -0.119. The van der Waals surface area contributed by atoms with Gasteiger partial charge in [-0.3, -0.25) is 9.78 Å². The second-order valence-corrected chi connectivity index (χ2v) is 7.37. The van der Waals surface area contributed by atoms with Gasteiger partial charge in [0, 0.05) is 34.8 Å². The van der Waals surface area contributed by atoms with Crippen LogP contribution in [0, 0.1) is 6.92 Å². The van der Waals surface area contributed by atoms with Crippen LogP contribution in [0.5, 0.6) is 0 Å². The Morgan fingerprint density at radius 2 is 1.67 bits per heavy atom. The van der Waals surface area contributed by atoms with Gasteiger partial charge in [0.25, 0.3) is 5.91 Å². The van der Waals surface area contributed by atoms with E-state index in [0.717, 1.165) is 44.3 Å². The summed E-state index contributed by atoms with van der Waals surface area (Å²) >= 11 is 0. The predicted molar refractivity (Wildman–Crippen MR) is 119 cm³/mol. The van der Waals surface area contributed by atoms with Gasteiger partial charge in [-0.1, -0.05) is 42.5 Å². The van der Waals surface area contributed by atoms with Crippen molar-refractivity contribution in [2.75, 3.05) is 0 Å². The molecule has 0 bridgehead atoms. The molecule has 1 amide bonds. The molecule has 2 aromatic heterocycles. The summed E-state index contributed by atoms with van der Waals surface area (Å²) in [6.45, 7) is 2.45. The van der Waals surface area contributed by atoms with Crippen molar-refractivity contribution in [3.05, 3.63) is 102 Å². The van der Waals surface area contributed by atoms with Crippen LogP contribution in [0.3, 0.4) is 0 Å². The summed E-state index contributed by atoms with van der Waals surface area (Å²) in [7, 11) is 0. The number of hydrogen-bond acceptors (Lipinski definition) is 3. The van der Waals surface area contributed by atoms with Gasteiger partial charge in [-0.25, -0.2) is 0 Å². The third-order valence-electron chi connectivity index (χ3n) is 5.28. The molecule has 2 heterocycles. The average Bonchev–Trinajstić information content (AvgIpc) is 3.15. The van der Waals surface area contributed by atoms with Crippen molar-refractivity contribution in [3.63, 3.8) is 0 Å². The van der Waals surface area contributed by atoms with E-state index in [9.17, 15) is 4.79 Å². The smallest absolute Gasteiger partial charge is 0.251 e. The molecule has 0 fully saturated rings. The zero-order chi connectivity index (χ0) is 20.5. The van der Waals surface area contributed by atoms with Crippen molar-refractivity contribution in [1.29, 1.82) is 0 Å². The van der Waals surface area contributed by atoms with Crippen LogP contribution in [-0.4, -0.2) is 10.9 Å². The number of fused-ring (bicyclic) bond motifs is 3. The first-order chi connectivity index (χ1) is 14.7. The summed E-state index contributed by atoms with van der Waals surface area (Å²) in [5.74, 6) is -0.119. The second kappa shape index (κ2) is 7.48. The van der Waals surface area contributed by atoms with Crippen molar-refractivity contribution in [2.24, 2.45) is 0 Å². The van der Waals surface area contributed by atoms with Crippen LogP contribution >= 0.6 is 0 Å². The zero-order valence-corrected chi connectivity index (χ0v) is 16.6. The molecule has 4 nitrogen and oxygen atoms in total. The van der Waals surface area contributed by atoms with Crippen LogP contribution < -0.4 is 5.32 Å². The van der Waals surface area contributed by atoms with Crippen molar-refractivity contribution in [2.45, 2.75) is 13.5 Å². The zero-order valence-electron chi connectivity index (χ0n) is 16.6. The van der Waals surface area contributed by atoms with Crippen LogP contribution in [0.4, 0.5) is 0 Å². The van der Waals surface area contributed by atoms with Gasteiger partial charge in [-0.05, 0) is 60.0 Å². The van der Waals surface area contributed by atoms with Gasteiger partial charge in [0.2, 0.25) is 0 Å². The molecule has 0 unspecified atom stereocenters. The normalized spacial score (nSPS) is 11.1. The number of aromatic nitrogens is 1. The first kappa shape index (κ1) is 18.1. The molecule has 0 radical (unpaired) electrons. The largest absolute Gasteiger partial charge is 0.456 e. The molecule has 3 aromatic carbocycles. The van der Waals surface area contributed by atoms with Gasteiger partial charge in [0.1, 0.15) is 11.2 Å². The first-order valence-electron chi connectivity index (χ1n) is 9.89. The highest BCUT2D eigenvalue weighted by Gasteiger charge is 2.11. The van der Waals surface area contributed by atoms with E-state index >= 15 is 0 Å². The Bertz CT molecular complexity index is 1370. The number of carbonyl (C=O) groups excluding carboxylic acids is 1. The number of nitrogens with zero attached hydrogens (tertiary/aromatic N) is 1. The number of amides is 1. The van der Waals surface area contributed by atoms with E-state index in [-0.39, 0.29) is 5.91 Å². The van der Waals surface area contributed by atoms with Crippen LogP contribution in [-0.2, 0) is 6.54 Å². The Balaban J connectivity index is 1.30. The van der Waals surface area contributed by atoms with Gasteiger partial charge in [0.15, 0.2) is 0 Å². The molecule has 4 heteroatoms. The maximum absolute atomic E-state index is 12.6. The minimum absolute atomic E-state index is 0.119. The van der Waals surface area contributed by atoms with Crippen molar-refractivity contribution in [1.82, 2.24) is 10.3 Å². The molecule has 146 valence electrons. The van der Waals surface area contributed by atoms with Crippen LogP contribution in [0.2, 0.25) is 0 Å². The lowest BCUT2D eigenvalue weighted by Crippen LogP contribution is -2.22. The van der Waals surface area contributed by atoms with Crippen molar-refractivity contribution in [3.8, 4) is 11.1 Å². The Morgan fingerprint density at radius 1 is 0.867 bits per heavy atom. The van der Waals surface area contributed by atoms with Crippen LogP contribution in [0.1, 0.15) is 21.6 Å². The molecule has 0 atom stereocenters. The summed E-state index contributed by atoms with van der Waals surface area (Å²) in [5.41, 5.74) is 6.44. The SMILES string of the molecule is Cc1cc(-c2ccc(CNC(=O)c3ccc4c(c3)oc3ccccc34)cc2)ccn1. The van der Waals surface area contributed by atoms with Crippen LogP contribution in [0.25, 0.3) is 33.1 Å². The molecule has 0 saturated carbocycles. The maximum atomic E-state index is 12.6. The van der Waals surface area contributed by atoms with Gasteiger partial charge in [-0.2, -0.15) is 0 Å². The molecule has 30 heavy (non-hydrogen) atoms. The van der Waals surface area contributed by atoms with E-state index in [0.29, 0.717) is 12.1 Å². The third-order valence-corrected chi connectivity index (χ3v) is 5.28. The number of hydrogen-bond donors (Lipinski definition) is 1. The van der Waals surface area contributed by atoms with E-state index in [1.165, 1.54) is 0 Å². The summed E-state index contributed by atoms with van der Waals surface area (Å²) in [4.78, 5) is 16.9. The number of nitrogens with one attached hydrogen (secondary N) is 1. The average molecular weight is 392 g/mol. The summed E-state index contributed by atoms with van der Waals surface area (Å²) in [6, 6.07) is 25.7. The number of rotatable bonds is 4. The molecule has 0 aliphatic rings. The van der Waals surface area contributed by atoms with Gasteiger partial charge in [0.05, 0.1) is 0 Å². The van der Waals surface area contributed by atoms with E-state index in [1.807, 2.05) is 67.7 Å². The number of furan rings is 1. The topological polar surface area (TPSA) is 55.1 Å². The number of carbonyl (C=O) groups is 1. The van der Waals surface area contributed by atoms with E-state index in [2.05, 4.69) is 28.5 Å². The number of benzene rings is 3. The van der Waals surface area contributed by atoms with E-state index < -0.39 is 0 Å². The van der Waals surface area contributed by atoms with E-state index in [4.69, 9.17) is 4.42 Å². The Hall–Kier alpha value is -3.92. The highest BCUT2D eigenvalue weighted by molar-refractivity contribution is 6.07. The molecule has 1 N–H and O–H groups in total. The quantitative estimate of drug-likeness (QED) is 0.415. The number of para-hydroxylation sites is 1. The molecule has 0 saturated heterocycles. The lowest BCUT2D eigenvalue weighted by atomic mass is 10.0. The Morgan fingerprint density at radius 3 is 2.50 bits per heavy atom. The lowest BCUT2D eigenvalue weighted by Gasteiger charge is -2.07. The highest BCUT2D eigenvalue weighted by Crippen LogP contribution is 2.29. The molecule has 0 spiro atoms. The van der Waals surface area contributed by atoms with Crippen molar-refractivity contribution < 1.29 is 9.21 Å². The molecular formula is C26H20N2O2. The molecule has 5 aromatic rings. The highest BCUT2D eigenvalue weighted by atomic mass is 16.3. The third kappa shape index (κ3) is 3.44. The standard InChI is InChI=1S/C26H20N2O2/c1-17-14-20(12-13-27-17)19-8-6-18(7-9-19)16-28-26(29)21-10-11-23-22-4-2-3-5-24(22)30-25(23)15-21/h2-15H,16H2,1H3,(H,28,29). The van der Waals surface area contributed by atoms with Gasteiger partial charge >= 0.3 is 0 Å². The summed E-state index contributed by atoms with van der Waals surface area (Å²) in [6.07, 6.45) is 1.82. The molecule has 5 rings (SSSR count). The Labute approximate surface area is 174 Å².